The minimum absolute atomic E-state index is 0.0269. The van der Waals surface area contributed by atoms with Gasteiger partial charge in [-0.1, -0.05) is 42.3 Å². The second kappa shape index (κ2) is 6.44. The van der Waals surface area contributed by atoms with Crippen LogP contribution >= 0.6 is 11.6 Å². The highest BCUT2D eigenvalue weighted by molar-refractivity contribution is 6.30. The third kappa shape index (κ3) is 3.09. The molecule has 3 nitrogen and oxygen atoms in total. The van der Waals surface area contributed by atoms with E-state index in [0.717, 1.165) is 36.1 Å². The number of nitrogens with zero attached hydrogens (tertiary/aromatic N) is 1. The molecule has 2 aromatic rings. The molecule has 1 amide bonds. The number of hydrogen-bond acceptors (Lipinski definition) is 2. The number of carbonyl (C=O) groups excluding carboxylic acids is 1. The summed E-state index contributed by atoms with van der Waals surface area (Å²) in [4.78, 5) is 12.8. The molecular weight excluding hydrogens is 308 g/mol. The van der Waals surface area contributed by atoms with Crippen molar-refractivity contribution in [1.82, 2.24) is 0 Å². The molecule has 0 atom stereocenters. The van der Waals surface area contributed by atoms with Crippen LogP contribution in [0.15, 0.2) is 48.5 Å². The summed E-state index contributed by atoms with van der Waals surface area (Å²) in [5.41, 5.74) is 2.28. The first kappa shape index (κ1) is 15.6. The second-order valence-electron chi connectivity index (χ2n) is 5.93. The fourth-order valence-corrected chi connectivity index (χ4v) is 3.12. The Bertz CT molecular complexity index is 740. The number of rotatable bonds is 4. The molecule has 4 heteroatoms. The van der Waals surface area contributed by atoms with Crippen molar-refractivity contribution in [3.63, 3.8) is 0 Å². The molecule has 0 heterocycles. The monoisotopic (exact) mass is 324 g/mol. The van der Waals surface area contributed by atoms with Crippen LogP contribution in [0.25, 0.3) is 0 Å². The summed E-state index contributed by atoms with van der Waals surface area (Å²) in [5.74, 6) is 0.0269. The number of anilines is 1. The van der Waals surface area contributed by atoms with Gasteiger partial charge in [-0.15, -0.1) is 0 Å². The third-order valence-electron chi connectivity index (χ3n) is 4.53. The normalized spacial score (nSPS) is 15.3. The second-order valence-corrected chi connectivity index (χ2v) is 6.36. The topological polar surface area (TPSA) is 52.9 Å². The maximum atomic E-state index is 12.8. The average molecular weight is 325 g/mol. The molecule has 0 aromatic heterocycles. The van der Waals surface area contributed by atoms with Crippen molar-refractivity contribution >= 4 is 23.2 Å². The van der Waals surface area contributed by atoms with Crippen molar-refractivity contribution in [2.45, 2.75) is 31.1 Å². The Morgan fingerprint density at radius 1 is 1.13 bits per heavy atom. The molecule has 0 saturated heterocycles. The predicted molar refractivity (Wildman–Crippen MR) is 91.4 cm³/mol. The Morgan fingerprint density at radius 2 is 1.78 bits per heavy atom. The lowest BCUT2D eigenvalue weighted by molar-refractivity contribution is -0.124. The van der Waals surface area contributed by atoms with Gasteiger partial charge in [0.15, 0.2) is 0 Å². The van der Waals surface area contributed by atoms with Gasteiger partial charge in [0.05, 0.1) is 17.9 Å². The summed E-state index contributed by atoms with van der Waals surface area (Å²) in [5, 5.41) is 12.4. The number of nitrogens with one attached hydrogen (secondary N) is 1. The Balaban J connectivity index is 1.78. The molecule has 0 radical (unpaired) electrons. The molecule has 2 aromatic carbocycles. The standard InChI is InChI=1S/C19H17ClN2O/c20-16-6-4-15(5-7-16)19(11-1-12-19)18(23)22-17-8-2-14(3-9-17)10-13-21/h2-9H,1,10-12H2,(H,22,23). The first-order valence-corrected chi connectivity index (χ1v) is 8.05. The Hall–Kier alpha value is -2.31. The summed E-state index contributed by atoms with van der Waals surface area (Å²) in [7, 11) is 0. The van der Waals surface area contributed by atoms with Crippen molar-refractivity contribution in [1.29, 1.82) is 5.26 Å². The molecule has 0 unspecified atom stereocenters. The number of carbonyl (C=O) groups is 1. The van der Waals surface area contributed by atoms with E-state index in [1.165, 1.54) is 0 Å². The molecule has 1 fully saturated rings. The lowest BCUT2D eigenvalue weighted by Gasteiger charge is -2.40. The lowest BCUT2D eigenvalue weighted by atomic mass is 9.64. The van der Waals surface area contributed by atoms with E-state index >= 15 is 0 Å². The molecule has 1 aliphatic carbocycles. The van der Waals surface area contributed by atoms with Gasteiger partial charge in [-0.2, -0.15) is 5.26 Å². The molecule has 1 saturated carbocycles. The lowest BCUT2D eigenvalue weighted by Crippen LogP contribution is -2.45. The fourth-order valence-electron chi connectivity index (χ4n) is 2.99. The zero-order chi connectivity index (χ0) is 16.3. The molecule has 0 aliphatic heterocycles. The van der Waals surface area contributed by atoms with Crippen molar-refractivity contribution in [3.05, 3.63) is 64.7 Å². The molecule has 0 bridgehead atoms. The average Bonchev–Trinajstić information content (AvgIpc) is 2.50. The predicted octanol–water partition coefficient (Wildman–Crippen LogP) is 4.47. The van der Waals surface area contributed by atoms with Gasteiger partial charge in [0, 0.05) is 10.7 Å². The van der Waals surface area contributed by atoms with Crippen LogP contribution in [0.3, 0.4) is 0 Å². The molecule has 1 N–H and O–H groups in total. The highest BCUT2D eigenvalue weighted by Crippen LogP contribution is 2.44. The molecular formula is C19H17ClN2O. The minimum atomic E-state index is -0.448. The Kier molecular flexibility index (Phi) is 4.36. The maximum absolute atomic E-state index is 12.8. The SMILES string of the molecule is N#CCc1ccc(NC(=O)C2(c3ccc(Cl)cc3)CCC2)cc1. The van der Waals surface area contributed by atoms with Crippen LogP contribution in [-0.2, 0) is 16.6 Å². The zero-order valence-corrected chi connectivity index (χ0v) is 13.4. The Morgan fingerprint density at radius 3 is 2.30 bits per heavy atom. The van der Waals surface area contributed by atoms with E-state index in [9.17, 15) is 4.79 Å². The van der Waals surface area contributed by atoms with Gasteiger partial charge in [-0.25, -0.2) is 0 Å². The number of hydrogen-bond donors (Lipinski definition) is 1. The minimum Gasteiger partial charge on any atom is -0.325 e. The summed E-state index contributed by atoms with van der Waals surface area (Å²) in [6.07, 6.45) is 3.14. The van der Waals surface area contributed by atoms with Crippen LogP contribution in [-0.4, -0.2) is 5.91 Å². The third-order valence-corrected chi connectivity index (χ3v) is 4.79. The van der Waals surface area contributed by atoms with E-state index in [-0.39, 0.29) is 5.91 Å². The Labute approximate surface area is 140 Å². The van der Waals surface area contributed by atoms with E-state index in [4.69, 9.17) is 16.9 Å². The van der Waals surface area contributed by atoms with Crippen LogP contribution in [0.1, 0.15) is 30.4 Å². The fraction of sp³-hybridized carbons (Fsp3) is 0.263. The van der Waals surface area contributed by atoms with Crippen LogP contribution in [0.4, 0.5) is 5.69 Å². The number of benzene rings is 2. The van der Waals surface area contributed by atoms with Gasteiger partial charge in [0.1, 0.15) is 0 Å². The van der Waals surface area contributed by atoms with Crippen LogP contribution in [0.2, 0.25) is 5.02 Å². The van der Waals surface area contributed by atoms with Gasteiger partial charge in [-0.05, 0) is 48.2 Å². The number of nitriles is 1. The molecule has 23 heavy (non-hydrogen) atoms. The van der Waals surface area contributed by atoms with E-state index in [1.807, 2.05) is 48.5 Å². The van der Waals surface area contributed by atoms with Crippen molar-refractivity contribution in [2.75, 3.05) is 5.32 Å². The van der Waals surface area contributed by atoms with Gasteiger partial charge < -0.3 is 5.32 Å². The van der Waals surface area contributed by atoms with Crippen LogP contribution in [0.5, 0.6) is 0 Å². The highest BCUT2D eigenvalue weighted by atomic mass is 35.5. The summed E-state index contributed by atoms with van der Waals surface area (Å²) >= 11 is 5.95. The van der Waals surface area contributed by atoms with E-state index < -0.39 is 5.41 Å². The van der Waals surface area contributed by atoms with Crippen molar-refractivity contribution in [3.8, 4) is 6.07 Å². The molecule has 116 valence electrons. The number of amides is 1. The summed E-state index contributed by atoms with van der Waals surface area (Å²) in [6, 6.07) is 17.1. The molecule has 0 spiro atoms. The van der Waals surface area contributed by atoms with Gasteiger partial charge in [0.2, 0.25) is 5.91 Å². The summed E-state index contributed by atoms with van der Waals surface area (Å²) < 4.78 is 0. The van der Waals surface area contributed by atoms with E-state index in [2.05, 4.69) is 11.4 Å². The maximum Gasteiger partial charge on any atom is 0.235 e. The van der Waals surface area contributed by atoms with Gasteiger partial charge in [0.25, 0.3) is 0 Å². The quantitative estimate of drug-likeness (QED) is 0.902. The molecule has 1 aliphatic rings. The van der Waals surface area contributed by atoms with E-state index in [0.29, 0.717) is 11.4 Å². The van der Waals surface area contributed by atoms with Crippen molar-refractivity contribution in [2.24, 2.45) is 0 Å². The van der Waals surface area contributed by atoms with Crippen LogP contribution < -0.4 is 5.32 Å². The van der Waals surface area contributed by atoms with Crippen molar-refractivity contribution < 1.29 is 4.79 Å². The first-order chi connectivity index (χ1) is 11.1. The smallest absolute Gasteiger partial charge is 0.235 e. The van der Waals surface area contributed by atoms with Gasteiger partial charge in [-0.3, -0.25) is 4.79 Å². The zero-order valence-electron chi connectivity index (χ0n) is 12.7. The van der Waals surface area contributed by atoms with E-state index in [1.54, 1.807) is 0 Å². The highest BCUT2D eigenvalue weighted by Gasteiger charge is 2.45. The molecule has 3 rings (SSSR count). The van der Waals surface area contributed by atoms with Crippen LogP contribution in [0, 0.1) is 11.3 Å². The summed E-state index contributed by atoms with van der Waals surface area (Å²) in [6.45, 7) is 0. The first-order valence-electron chi connectivity index (χ1n) is 7.67. The van der Waals surface area contributed by atoms with Gasteiger partial charge >= 0.3 is 0 Å². The number of halogens is 1. The largest absolute Gasteiger partial charge is 0.325 e.